The molecule has 1 spiro atoms. The number of piperidine rings is 2. The zero-order chi connectivity index (χ0) is 24.0. The van der Waals surface area contributed by atoms with Crippen LogP contribution < -0.4 is 0 Å². The lowest BCUT2D eigenvalue weighted by molar-refractivity contribution is 0.0259. The monoisotopic (exact) mass is 490 g/mol. The fourth-order valence-electron chi connectivity index (χ4n) is 5.25. The number of rotatable bonds is 4. The maximum Gasteiger partial charge on any atom is 0.243 e. The number of sulfonamides is 2. The number of benzene rings is 2. The molecule has 2 heterocycles. The van der Waals surface area contributed by atoms with Crippen LogP contribution in [0.3, 0.4) is 0 Å². The van der Waals surface area contributed by atoms with E-state index in [4.69, 9.17) is 0 Å². The molecule has 2 aromatic rings. The summed E-state index contributed by atoms with van der Waals surface area (Å²) in [5, 5.41) is 0. The van der Waals surface area contributed by atoms with Crippen LogP contribution in [0.15, 0.2) is 58.3 Å². The fraction of sp³-hybridized carbons (Fsp3) is 0.520. The molecule has 4 rings (SSSR count). The van der Waals surface area contributed by atoms with Gasteiger partial charge in [-0.15, -0.1) is 0 Å². The van der Waals surface area contributed by atoms with E-state index in [0.717, 1.165) is 17.5 Å². The molecular formula is C25H34N2O4S2. The van der Waals surface area contributed by atoms with Crippen LogP contribution in [0.4, 0.5) is 0 Å². The maximum absolute atomic E-state index is 13.5. The van der Waals surface area contributed by atoms with Crippen LogP contribution in [0, 0.1) is 25.2 Å². The lowest BCUT2D eigenvalue weighted by atomic mass is 9.69. The Labute approximate surface area is 198 Å². The van der Waals surface area contributed by atoms with Crippen molar-refractivity contribution in [2.45, 2.75) is 62.8 Å². The maximum atomic E-state index is 13.5. The van der Waals surface area contributed by atoms with Gasteiger partial charge in [0.05, 0.1) is 9.79 Å². The second-order valence-electron chi connectivity index (χ2n) is 10.0. The Morgan fingerprint density at radius 3 is 1.70 bits per heavy atom. The van der Waals surface area contributed by atoms with Crippen molar-refractivity contribution in [1.29, 1.82) is 0 Å². The van der Waals surface area contributed by atoms with E-state index < -0.39 is 20.0 Å². The van der Waals surface area contributed by atoms with Crippen molar-refractivity contribution in [1.82, 2.24) is 8.61 Å². The van der Waals surface area contributed by atoms with Gasteiger partial charge >= 0.3 is 0 Å². The Kier molecular flexibility index (Phi) is 6.50. The van der Waals surface area contributed by atoms with Gasteiger partial charge in [0.2, 0.25) is 20.0 Å². The van der Waals surface area contributed by atoms with E-state index in [1.165, 1.54) is 0 Å². The molecule has 0 amide bonds. The molecule has 2 atom stereocenters. The molecule has 180 valence electrons. The van der Waals surface area contributed by atoms with E-state index in [0.29, 0.717) is 42.3 Å². The molecule has 0 unspecified atom stereocenters. The molecule has 2 aliphatic heterocycles. The SMILES string of the molecule is Cc1ccc(S(=O)(=O)N2CCC3(CC2)C[C@H](C)[C@@H](C)N(S(=O)(=O)c2ccc(C)cc2)C3)cc1. The van der Waals surface area contributed by atoms with Gasteiger partial charge in [0.1, 0.15) is 0 Å². The Balaban J connectivity index is 1.55. The molecule has 0 bridgehead atoms. The van der Waals surface area contributed by atoms with Crippen molar-refractivity contribution >= 4 is 20.0 Å². The lowest BCUT2D eigenvalue weighted by Crippen LogP contribution is -2.57. The van der Waals surface area contributed by atoms with Gasteiger partial charge in [-0.3, -0.25) is 0 Å². The molecule has 2 saturated heterocycles. The Hall–Kier alpha value is -1.74. The van der Waals surface area contributed by atoms with Crippen LogP contribution in [-0.2, 0) is 20.0 Å². The van der Waals surface area contributed by atoms with Gasteiger partial charge in [0.15, 0.2) is 0 Å². The summed E-state index contributed by atoms with van der Waals surface area (Å²) in [6.45, 7) is 9.23. The minimum atomic E-state index is -3.62. The largest absolute Gasteiger partial charge is 0.243 e. The molecule has 2 aliphatic rings. The summed E-state index contributed by atoms with van der Waals surface area (Å²) in [5.74, 6) is 0.194. The quantitative estimate of drug-likeness (QED) is 0.644. The van der Waals surface area contributed by atoms with Crippen molar-refractivity contribution < 1.29 is 16.8 Å². The van der Waals surface area contributed by atoms with Crippen LogP contribution >= 0.6 is 0 Å². The van der Waals surface area contributed by atoms with Crippen molar-refractivity contribution in [3.63, 3.8) is 0 Å². The summed E-state index contributed by atoms with van der Waals surface area (Å²) in [6, 6.07) is 13.9. The first-order valence-electron chi connectivity index (χ1n) is 11.6. The van der Waals surface area contributed by atoms with E-state index in [-0.39, 0.29) is 17.4 Å². The van der Waals surface area contributed by atoms with Gasteiger partial charge in [-0.25, -0.2) is 16.8 Å². The zero-order valence-corrected chi connectivity index (χ0v) is 21.5. The topological polar surface area (TPSA) is 74.8 Å². The van der Waals surface area contributed by atoms with Crippen molar-refractivity contribution in [3.8, 4) is 0 Å². The van der Waals surface area contributed by atoms with Crippen LogP contribution in [0.1, 0.15) is 44.2 Å². The minimum Gasteiger partial charge on any atom is -0.207 e. The molecule has 0 aromatic heterocycles. The third-order valence-corrected chi connectivity index (χ3v) is 11.5. The molecule has 6 nitrogen and oxygen atoms in total. The van der Waals surface area contributed by atoms with Crippen molar-refractivity contribution in [2.75, 3.05) is 19.6 Å². The standard InChI is InChI=1S/C25H34N2O4S2/c1-19-5-9-23(10-6-19)32(28,29)26-15-13-25(14-16-26)17-21(3)22(4)27(18-25)33(30,31)24-11-7-20(2)8-12-24/h5-12,21-22H,13-18H2,1-4H3/t21-,22+/m0/s1. The molecule has 33 heavy (non-hydrogen) atoms. The Bertz CT molecular complexity index is 1200. The molecule has 2 aromatic carbocycles. The summed E-state index contributed by atoms with van der Waals surface area (Å²) >= 11 is 0. The first kappa shape index (κ1) is 24.4. The van der Waals surface area contributed by atoms with Gasteiger partial charge in [0.25, 0.3) is 0 Å². The highest BCUT2D eigenvalue weighted by molar-refractivity contribution is 7.89. The van der Waals surface area contributed by atoms with Crippen LogP contribution in [0.25, 0.3) is 0 Å². The van der Waals surface area contributed by atoms with E-state index >= 15 is 0 Å². The highest BCUT2D eigenvalue weighted by atomic mass is 32.2. The second-order valence-corrected chi connectivity index (χ2v) is 13.8. The molecule has 2 fully saturated rings. The summed E-state index contributed by atoms with van der Waals surface area (Å²) in [4.78, 5) is 0.641. The summed E-state index contributed by atoms with van der Waals surface area (Å²) in [5.41, 5.74) is 1.84. The van der Waals surface area contributed by atoms with Crippen LogP contribution in [-0.4, -0.2) is 51.1 Å². The average Bonchev–Trinajstić information content (AvgIpc) is 2.77. The van der Waals surface area contributed by atoms with Crippen molar-refractivity contribution in [2.24, 2.45) is 11.3 Å². The number of hydrogen-bond acceptors (Lipinski definition) is 4. The zero-order valence-electron chi connectivity index (χ0n) is 19.9. The van der Waals surface area contributed by atoms with Gasteiger partial charge in [0, 0.05) is 25.7 Å². The van der Waals surface area contributed by atoms with Gasteiger partial charge in [-0.1, -0.05) is 42.3 Å². The minimum absolute atomic E-state index is 0.101. The predicted molar refractivity (Wildman–Crippen MR) is 130 cm³/mol. The molecule has 0 radical (unpaired) electrons. The summed E-state index contributed by atoms with van der Waals surface area (Å²) < 4.78 is 56.6. The van der Waals surface area contributed by atoms with E-state index in [1.54, 1.807) is 32.9 Å². The lowest BCUT2D eigenvalue weighted by Gasteiger charge is -2.51. The van der Waals surface area contributed by atoms with Crippen LogP contribution in [0.2, 0.25) is 0 Å². The molecular weight excluding hydrogens is 456 g/mol. The Morgan fingerprint density at radius 1 is 0.758 bits per heavy atom. The first-order chi connectivity index (χ1) is 15.4. The normalized spacial score (nSPS) is 24.7. The van der Waals surface area contributed by atoms with Gasteiger partial charge in [-0.05, 0) is 75.6 Å². The van der Waals surface area contributed by atoms with Crippen LogP contribution in [0.5, 0.6) is 0 Å². The molecule has 0 N–H and O–H groups in total. The number of hydrogen-bond donors (Lipinski definition) is 0. The third-order valence-electron chi connectivity index (χ3n) is 7.59. The molecule has 8 heteroatoms. The number of aryl methyl sites for hydroxylation is 2. The first-order valence-corrected chi connectivity index (χ1v) is 14.5. The van der Waals surface area contributed by atoms with E-state index in [9.17, 15) is 16.8 Å². The smallest absolute Gasteiger partial charge is 0.207 e. The highest BCUT2D eigenvalue weighted by Crippen LogP contribution is 2.46. The van der Waals surface area contributed by atoms with Gasteiger partial charge in [-0.2, -0.15) is 8.61 Å². The fourth-order valence-corrected chi connectivity index (χ4v) is 8.53. The average molecular weight is 491 g/mol. The third kappa shape index (κ3) is 4.63. The number of nitrogens with zero attached hydrogens (tertiary/aromatic N) is 2. The van der Waals surface area contributed by atoms with E-state index in [1.807, 2.05) is 45.0 Å². The van der Waals surface area contributed by atoms with Crippen molar-refractivity contribution in [3.05, 3.63) is 59.7 Å². The van der Waals surface area contributed by atoms with E-state index in [2.05, 4.69) is 6.92 Å². The Morgan fingerprint density at radius 2 is 1.21 bits per heavy atom. The predicted octanol–water partition coefficient (Wildman–Crippen LogP) is 4.19. The highest BCUT2D eigenvalue weighted by Gasteiger charge is 2.48. The molecule has 0 saturated carbocycles. The second kappa shape index (κ2) is 8.80. The summed E-state index contributed by atoms with van der Waals surface area (Å²) in [7, 11) is -7.17. The van der Waals surface area contributed by atoms with Gasteiger partial charge < -0.3 is 0 Å². The molecule has 0 aliphatic carbocycles. The summed E-state index contributed by atoms with van der Waals surface area (Å²) in [6.07, 6.45) is 2.23.